The van der Waals surface area contributed by atoms with Crippen molar-refractivity contribution in [3.05, 3.63) is 29.8 Å². The van der Waals surface area contributed by atoms with E-state index in [1.807, 2.05) is 13.8 Å². The number of nitrogens with one attached hydrogen (secondary N) is 1. The minimum atomic E-state index is -4.51. The molecule has 1 aromatic carbocycles. The van der Waals surface area contributed by atoms with E-state index in [-0.39, 0.29) is 18.0 Å². The highest BCUT2D eigenvalue weighted by Crippen LogP contribution is 2.35. The molecular weight excluding hydrogens is 259 g/mol. The number of anilines is 1. The van der Waals surface area contributed by atoms with E-state index in [2.05, 4.69) is 5.32 Å². The van der Waals surface area contributed by atoms with Gasteiger partial charge in [0.2, 0.25) is 0 Å². The zero-order valence-electron chi connectivity index (χ0n) is 10.7. The number of halogens is 3. The maximum absolute atomic E-state index is 12.8. The van der Waals surface area contributed by atoms with Crippen molar-refractivity contribution < 1.29 is 23.1 Å². The lowest BCUT2D eigenvalue weighted by molar-refractivity contribution is -0.139. The monoisotopic (exact) mass is 275 g/mol. The van der Waals surface area contributed by atoms with Gasteiger partial charge in [-0.3, -0.25) is 0 Å². The first-order valence-corrected chi connectivity index (χ1v) is 5.87. The van der Waals surface area contributed by atoms with Gasteiger partial charge in [0.15, 0.2) is 0 Å². The van der Waals surface area contributed by atoms with Crippen molar-refractivity contribution in [1.29, 1.82) is 0 Å². The molecule has 0 aliphatic heterocycles. The summed E-state index contributed by atoms with van der Waals surface area (Å²) in [6.07, 6.45) is -4.26. The molecule has 1 aromatic rings. The van der Waals surface area contributed by atoms with Crippen LogP contribution in [0.25, 0.3) is 0 Å². The number of rotatable bonds is 5. The van der Waals surface area contributed by atoms with Crippen LogP contribution in [0.1, 0.15) is 25.8 Å². The van der Waals surface area contributed by atoms with Gasteiger partial charge in [0, 0.05) is 5.69 Å². The van der Waals surface area contributed by atoms with Crippen molar-refractivity contribution in [3.63, 3.8) is 0 Å². The normalized spacial score (nSPS) is 13.4. The predicted octanol–water partition coefficient (Wildman–Crippen LogP) is 3.62. The number of hydrogen-bond donors (Lipinski definition) is 2. The fraction of sp³-hybridized carbons (Fsp3) is 0.462. The zero-order chi connectivity index (χ0) is 14.6. The number of benzene rings is 1. The van der Waals surface area contributed by atoms with Gasteiger partial charge in [-0.25, -0.2) is 4.79 Å². The molecule has 0 bridgehead atoms. The lowest BCUT2D eigenvalue weighted by atomic mass is 10.0. The molecule has 0 spiro atoms. The summed E-state index contributed by atoms with van der Waals surface area (Å²) in [6.45, 7) is 3.63. The lowest BCUT2D eigenvalue weighted by Crippen LogP contribution is -2.31. The average molecular weight is 275 g/mol. The van der Waals surface area contributed by atoms with Crippen LogP contribution in [0.15, 0.2) is 24.3 Å². The Kier molecular flexibility index (Phi) is 4.80. The molecular formula is C13H16F3NO2. The molecule has 1 rings (SSSR count). The number of para-hydroxylation sites is 1. The Balaban J connectivity index is 3.00. The van der Waals surface area contributed by atoms with Crippen LogP contribution in [0.4, 0.5) is 18.9 Å². The van der Waals surface area contributed by atoms with Gasteiger partial charge in [0.1, 0.15) is 6.04 Å². The smallest absolute Gasteiger partial charge is 0.418 e. The van der Waals surface area contributed by atoms with Crippen LogP contribution in [-0.4, -0.2) is 17.1 Å². The molecule has 1 atom stereocenters. The van der Waals surface area contributed by atoms with Crippen LogP contribution in [0.5, 0.6) is 0 Å². The number of hydrogen-bond acceptors (Lipinski definition) is 2. The van der Waals surface area contributed by atoms with Crippen LogP contribution in [0, 0.1) is 5.92 Å². The highest BCUT2D eigenvalue weighted by Gasteiger charge is 2.34. The molecule has 0 aromatic heterocycles. The molecule has 0 saturated carbocycles. The first-order chi connectivity index (χ1) is 8.71. The molecule has 0 fully saturated rings. The van der Waals surface area contributed by atoms with Crippen molar-refractivity contribution in [2.24, 2.45) is 5.92 Å². The van der Waals surface area contributed by atoms with Crippen LogP contribution in [0.3, 0.4) is 0 Å². The van der Waals surface area contributed by atoms with E-state index < -0.39 is 23.8 Å². The number of aliphatic carboxylic acids is 1. The number of carboxylic acids is 1. The van der Waals surface area contributed by atoms with Gasteiger partial charge in [-0.1, -0.05) is 26.0 Å². The Morgan fingerprint density at radius 2 is 1.89 bits per heavy atom. The summed E-state index contributed by atoms with van der Waals surface area (Å²) in [4.78, 5) is 11.1. The zero-order valence-corrected chi connectivity index (χ0v) is 10.7. The number of carboxylic acid groups (broad SMARTS) is 1. The molecule has 3 nitrogen and oxygen atoms in total. The van der Waals surface area contributed by atoms with E-state index in [9.17, 15) is 18.0 Å². The van der Waals surface area contributed by atoms with Gasteiger partial charge in [0.25, 0.3) is 0 Å². The van der Waals surface area contributed by atoms with Crippen LogP contribution in [0.2, 0.25) is 0 Å². The third-order valence-corrected chi connectivity index (χ3v) is 2.57. The fourth-order valence-corrected chi connectivity index (χ4v) is 1.74. The van der Waals surface area contributed by atoms with Crippen molar-refractivity contribution in [2.75, 3.05) is 5.32 Å². The van der Waals surface area contributed by atoms with Gasteiger partial charge in [0.05, 0.1) is 5.56 Å². The highest BCUT2D eigenvalue weighted by molar-refractivity contribution is 5.77. The molecule has 0 aliphatic rings. The maximum Gasteiger partial charge on any atom is 0.418 e. The summed E-state index contributed by atoms with van der Waals surface area (Å²) in [5.41, 5.74) is -1.06. The Morgan fingerprint density at radius 3 is 2.37 bits per heavy atom. The van der Waals surface area contributed by atoms with Crippen molar-refractivity contribution in [3.8, 4) is 0 Å². The average Bonchev–Trinajstić information content (AvgIpc) is 2.26. The maximum atomic E-state index is 12.8. The SMILES string of the molecule is CC(C)C[C@H](Nc1ccccc1C(F)(F)F)C(=O)O. The molecule has 106 valence electrons. The van der Waals surface area contributed by atoms with Crippen LogP contribution < -0.4 is 5.32 Å². The second kappa shape index (κ2) is 5.95. The van der Waals surface area contributed by atoms with E-state index in [1.54, 1.807) is 0 Å². The van der Waals surface area contributed by atoms with Crippen LogP contribution >= 0.6 is 0 Å². The Hall–Kier alpha value is -1.72. The fourth-order valence-electron chi connectivity index (χ4n) is 1.74. The van der Waals surface area contributed by atoms with Crippen LogP contribution in [-0.2, 0) is 11.0 Å². The lowest BCUT2D eigenvalue weighted by Gasteiger charge is -2.20. The largest absolute Gasteiger partial charge is 0.480 e. The van der Waals surface area contributed by atoms with Gasteiger partial charge in [-0.2, -0.15) is 13.2 Å². The van der Waals surface area contributed by atoms with E-state index in [4.69, 9.17) is 5.11 Å². The van der Waals surface area contributed by atoms with E-state index >= 15 is 0 Å². The van der Waals surface area contributed by atoms with Crippen molar-refractivity contribution in [2.45, 2.75) is 32.5 Å². The molecule has 19 heavy (non-hydrogen) atoms. The second-order valence-corrected chi connectivity index (χ2v) is 4.71. The summed E-state index contributed by atoms with van der Waals surface area (Å²) in [6, 6.07) is 3.83. The second-order valence-electron chi connectivity index (χ2n) is 4.71. The molecule has 0 radical (unpaired) electrons. The summed E-state index contributed by atoms with van der Waals surface area (Å²) in [5, 5.41) is 11.5. The number of carbonyl (C=O) groups is 1. The van der Waals surface area contributed by atoms with Crippen molar-refractivity contribution >= 4 is 11.7 Å². The Morgan fingerprint density at radius 1 is 1.32 bits per heavy atom. The molecule has 0 saturated heterocycles. The topological polar surface area (TPSA) is 49.3 Å². The minimum absolute atomic E-state index is 0.0617. The van der Waals surface area contributed by atoms with E-state index in [1.165, 1.54) is 18.2 Å². The standard InChI is InChI=1S/C13H16F3NO2/c1-8(2)7-11(12(18)19)17-10-6-4-3-5-9(10)13(14,15)16/h3-6,8,11,17H,7H2,1-2H3,(H,18,19)/t11-/m0/s1. The third kappa shape index (κ3) is 4.46. The predicted molar refractivity (Wildman–Crippen MR) is 65.9 cm³/mol. The van der Waals surface area contributed by atoms with E-state index in [0.29, 0.717) is 0 Å². The van der Waals surface area contributed by atoms with E-state index in [0.717, 1.165) is 6.07 Å². The summed E-state index contributed by atoms with van der Waals surface area (Å²) < 4.78 is 38.3. The summed E-state index contributed by atoms with van der Waals surface area (Å²) in [7, 11) is 0. The summed E-state index contributed by atoms with van der Waals surface area (Å²) >= 11 is 0. The van der Waals surface area contributed by atoms with Gasteiger partial charge >= 0.3 is 12.1 Å². The first-order valence-electron chi connectivity index (χ1n) is 5.87. The van der Waals surface area contributed by atoms with Crippen molar-refractivity contribution in [1.82, 2.24) is 0 Å². The Labute approximate surface area is 109 Å². The molecule has 0 aliphatic carbocycles. The van der Waals surface area contributed by atoms with Gasteiger partial charge < -0.3 is 10.4 Å². The summed E-state index contributed by atoms with van der Waals surface area (Å²) in [5.74, 6) is -1.10. The molecule has 0 unspecified atom stereocenters. The highest BCUT2D eigenvalue weighted by atomic mass is 19.4. The minimum Gasteiger partial charge on any atom is -0.480 e. The molecule has 6 heteroatoms. The quantitative estimate of drug-likeness (QED) is 0.863. The first kappa shape index (κ1) is 15.3. The molecule has 0 amide bonds. The number of alkyl halides is 3. The molecule has 2 N–H and O–H groups in total. The van der Waals surface area contributed by atoms with Gasteiger partial charge in [-0.05, 0) is 24.5 Å². The van der Waals surface area contributed by atoms with Gasteiger partial charge in [-0.15, -0.1) is 0 Å². The third-order valence-electron chi connectivity index (χ3n) is 2.57. The molecule has 0 heterocycles. The Bertz CT molecular complexity index is 444.